The van der Waals surface area contributed by atoms with Crippen LogP contribution in [0.25, 0.3) is 0 Å². The van der Waals surface area contributed by atoms with E-state index in [1.54, 1.807) is 0 Å². The Labute approximate surface area is 97.2 Å². The van der Waals surface area contributed by atoms with E-state index in [0.717, 1.165) is 6.42 Å². The van der Waals surface area contributed by atoms with Gasteiger partial charge in [-0.25, -0.2) is 0 Å². The minimum absolute atomic E-state index is 0.557. The van der Waals surface area contributed by atoms with E-state index in [1.807, 2.05) is 12.4 Å². The quantitative estimate of drug-likeness (QED) is 0.752. The van der Waals surface area contributed by atoms with Crippen molar-refractivity contribution in [3.63, 3.8) is 0 Å². The molecule has 0 fully saturated rings. The number of hydrogen-bond acceptors (Lipinski definition) is 1. The van der Waals surface area contributed by atoms with Gasteiger partial charge >= 0.3 is 0 Å². The molecule has 0 aliphatic carbocycles. The molecule has 1 heteroatoms. The number of nitrogens with zero attached hydrogens (tertiary/aromatic N) is 1. The Bertz CT molecular complexity index is 446. The lowest BCUT2D eigenvalue weighted by atomic mass is 9.95. The zero-order valence-electron chi connectivity index (χ0n) is 9.85. The molecule has 82 valence electrons. The maximum atomic E-state index is 4.22. The fourth-order valence-corrected chi connectivity index (χ4v) is 1.96. The third kappa shape index (κ3) is 2.48. The summed E-state index contributed by atoms with van der Waals surface area (Å²) in [5.41, 5.74) is 4.08. The van der Waals surface area contributed by atoms with E-state index >= 15 is 0 Å². The molecular weight excluding hydrogens is 194 g/mol. The summed E-state index contributed by atoms with van der Waals surface area (Å²) < 4.78 is 0. The van der Waals surface area contributed by atoms with Crippen molar-refractivity contribution in [1.82, 2.24) is 4.98 Å². The molecule has 0 unspecified atom stereocenters. The summed E-state index contributed by atoms with van der Waals surface area (Å²) in [5.74, 6) is 0.557. The number of aromatic nitrogens is 1. The van der Waals surface area contributed by atoms with Crippen molar-refractivity contribution >= 4 is 0 Å². The summed E-state index contributed by atoms with van der Waals surface area (Å²) in [6.07, 6.45) is 4.84. The van der Waals surface area contributed by atoms with Crippen molar-refractivity contribution < 1.29 is 0 Å². The van der Waals surface area contributed by atoms with Gasteiger partial charge in [0, 0.05) is 12.4 Å². The summed E-state index contributed by atoms with van der Waals surface area (Å²) in [6.45, 7) is 4.45. The first kappa shape index (κ1) is 10.9. The number of pyridine rings is 1. The Balaban J connectivity index is 2.28. The third-order valence-corrected chi connectivity index (χ3v) is 2.80. The second-order valence-electron chi connectivity index (χ2n) is 4.39. The van der Waals surface area contributed by atoms with E-state index in [2.05, 4.69) is 55.2 Å². The van der Waals surface area contributed by atoms with Crippen molar-refractivity contribution in [2.75, 3.05) is 0 Å². The molecule has 1 heterocycles. The van der Waals surface area contributed by atoms with Gasteiger partial charge in [-0.1, -0.05) is 44.2 Å². The van der Waals surface area contributed by atoms with Crippen LogP contribution < -0.4 is 0 Å². The fourth-order valence-electron chi connectivity index (χ4n) is 1.96. The average molecular weight is 211 g/mol. The lowest BCUT2D eigenvalue weighted by molar-refractivity contribution is 0.842. The first-order chi connectivity index (χ1) is 7.77. The molecule has 0 saturated carbocycles. The van der Waals surface area contributed by atoms with E-state index in [9.17, 15) is 0 Å². The predicted molar refractivity (Wildman–Crippen MR) is 67.6 cm³/mol. The van der Waals surface area contributed by atoms with Crippen LogP contribution in [0.5, 0.6) is 0 Å². The molecule has 16 heavy (non-hydrogen) atoms. The number of benzene rings is 1. The SMILES string of the molecule is CC(C)c1ccncc1Cc1ccccc1. The van der Waals surface area contributed by atoms with E-state index in [4.69, 9.17) is 0 Å². The van der Waals surface area contributed by atoms with Gasteiger partial charge in [-0.3, -0.25) is 4.98 Å². The summed E-state index contributed by atoms with van der Waals surface area (Å²) in [6, 6.07) is 12.7. The molecule has 2 aromatic rings. The predicted octanol–water partition coefficient (Wildman–Crippen LogP) is 3.80. The van der Waals surface area contributed by atoms with E-state index < -0.39 is 0 Å². The minimum Gasteiger partial charge on any atom is -0.264 e. The van der Waals surface area contributed by atoms with E-state index in [-0.39, 0.29) is 0 Å². The zero-order chi connectivity index (χ0) is 11.4. The van der Waals surface area contributed by atoms with Crippen LogP contribution in [0.3, 0.4) is 0 Å². The van der Waals surface area contributed by atoms with Crippen LogP contribution in [0.15, 0.2) is 48.8 Å². The smallest absolute Gasteiger partial charge is 0.0306 e. The van der Waals surface area contributed by atoms with Crippen molar-refractivity contribution in [2.24, 2.45) is 0 Å². The molecule has 0 aliphatic rings. The molecular formula is C15H17N. The minimum atomic E-state index is 0.557. The van der Waals surface area contributed by atoms with Gasteiger partial charge in [0.2, 0.25) is 0 Å². The maximum Gasteiger partial charge on any atom is 0.0306 e. The van der Waals surface area contributed by atoms with Crippen LogP contribution in [0.4, 0.5) is 0 Å². The third-order valence-electron chi connectivity index (χ3n) is 2.80. The van der Waals surface area contributed by atoms with Gasteiger partial charge in [-0.15, -0.1) is 0 Å². The monoisotopic (exact) mass is 211 g/mol. The topological polar surface area (TPSA) is 12.9 Å². The van der Waals surface area contributed by atoms with E-state index in [1.165, 1.54) is 16.7 Å². The van der Waals surface area contributed by atoms with Crippen LogP contribution in [0, 0.1) is 0 Å². The molecule has 0 aliphatic heterocycles. The lowest BCUT2D eigenvalue weighted by Gasteiger charge is -2.11. The molecule has 0 bridgehead atoms. The Kier molecular flexibility index (Phi) is 3.35. The van der Waals surface area contributed by atoms with Gasteiger partial charge in [0.25, 0.3) is 0 Å². The second-order valence-corrected chi connectivity index (χ2v) is 4.39. The number of rotatable bonds is 3. The average Bonchev–Trinajstić information content (AvgIpc) is 2.31. The Hall–Kier alpha value is -1.63. The molecule has 0 radical (unpaired) electrons. The highest BCUT2D eigenvalue weighted by molar-refractivity contribution is 5.32. The van der Waals surface area contributed by atoms with Crippen LogP contribution >= 0.6 is 0 Å². The Morgan fingerprint density at radius 2 is 1.81 bits per heavy atom. The van der Waals surface area contributed by atoms with Gasteiger partial charge in [-0.05, 0) is 35.1 Å². The fraction of sp³-hybridized carbons (Fsp3) is 0.267. The molecule has 0 spiro atoms. The van der Waals surface area contributed by atoms with Crippen molar-refractivity contribution in [1.29, 1.82) is 0 Å². The zero-order valence-corrected chi connectivity index (χ0v) is 9.85. The standard InChI is InChI=1S/C15H17N/c1-12(2)15-8-9-16-11-14(15)10-13-6-4-3-5-7-13/h3-9,11-12H,10H2,1-2H3. The van der Waals surface area contributed by atoms with Gasteiger partial charge in [-0.2, -0.15) is 0 Å². The van der Waals surface area contributed by atoms with Crippen molar-refractivity contribution in [3.05, 3.63) is 65.5 Å². The van der Waals surface area contributed by atoms with Gasteiger partial charge < -0.3 is 0 Å². The number of hydrogen-bond donors (Lipinski definition) is 0. The van der Waals surface area contributed by atoms with Crippen LogP contribution in [-0.4, -0.2) is 4.98 Å². The summed E-state index contributed by atoms with van der Waals surface area (Å²) in [5, 5.41) is 0. The molecule has 0 saturated heterocycles. The van der Waals surface area contributed by atoms with Crippen LogP contribution in [-0.2, 0) is 6.42 Å². The van der Waals surface area contributed by atoms with Crippen molar-refractivity contribution in [2.45, 2.75) is 26.2 Å². The second kappa shape index (κ2) is 4.93. The molecule has 0 amide bonds. The van der Waals surface area contributed by atoms with Gasteiger partial charge in [0.15, 0.2) is 0 Å². The molecule has 0 N–H and O–H groups in total. The lowest BCUT2D eigenvalue weighted by Crippen LogP contribution is -1.98. The summed E-state index contributed by atoms with van der Waals surface area (Å²) in [7, 11) is 0. The first-order valence-corrected chi connectivity index (χ1v) is 5.74. The largest absolute Gasteiger partial charge is 0.264 e. The maximum absolute atomic E-state index is 4.22. The van der Waals surface area contributed by atoms with Crippen molar-refractivity contribution in [3.8, 4) is 0 Å². The highest BCUT2D eigenvalue weighted by Crippen LogP contribution is 2.20. The van der Waals surface area contributed by atoms with E-state index in [0.29, 0.717) is 5.92 Å². The van der Waals surface area contributed by atoms with Crippen LogP contribution in [0.2, 0.25) is 0 Å². The van der Waals surface area contributed by atoms with Crippen LogP contribution in [0.1, 0.15) is 36.5 Å². The highest BCUT2D eigenvalue weighted by Gasteiger charge is 2.06. The first-order valence-electron chi connectivity index (χ1n) is 5.74. The summed E-state index contributed by atoms with van der Waals surface area (Å²) in [4.78, 5) is 4.22. The molecule has 1 nitrogen and oxygen atoms in total. The molecule has 0 atom stereocenters. The Morgan fingerprint density at radius 3 is 2.50 bits per heavy atom. The molecule has 1 aromatic heterocycles. The summed E-state index contributed by atoms with van der Waals surface area (Å²) >= 11 is 0. The molecule has 1 aromatic carbocycles. The highest BCUT2D eigenvalue weighted by atomic mass is 14.6. The normalized spacial score (nSPS) is 10.7. The van der Waals surface area contributed by atoms with Gasteiger partial charge in [0.1, 0.15) is 0 Å². The van der Waals surface area contributed by atoms with Gasteiger partial charge in [0.05, 0.1) is 0 Å². The molecule has 2 rings (SSSR count). The Morgan fingerprint density at radius 1 is 1.06 bits per heavy atom.